The van der Waals surface area contributed by atoms with E-state index in [2.05, 4.69) is 4.72 Å². The van der Waals surface area contributed by atoms with E-state index in [0.29, 0.717) is 6.54 Å². The van der Waals surface area contributed by atoms with E-state index < -0.39 is 10.0 Å². The Bertz CT molecular complexity index is 653. The number of likely N-dealkylation sites (N-methyl/N-ethyl adjacent to an activating group) is 1. The van der Waals surface area contributed by atoms with E-state index in [1.807, 2.05) is 0 Å². The van der Waals surface area contributed by atoms with E-state index in [-0.39, 0.29) is 23.8 Å². The molecule has 7 heteroatoms. The summed E-state index contributed by atoms with van der Waals surface area (Å²) >= 11 is 0. The van der Waals surface area contributed by atoms with Crippen LogP contribution in [0.2, 0.25) is 0 Å². The van der Waals surface area contributed by atoms with E-state index in [1.165, 1.54) is 11.0 Å². The highest BCUT2D eigenvalue weighted by Gasteiger charge is 2.25. The van der Waals surface area contributed by atoms with Crippen molar-refractivity contribution in [3.63, 3.8) is 0 Å². The fraction of sp³-hybridized carbons (Fsp3) is 0.308. The Labute approximate surface area is 118 Å². The molecule has 0 aromatic heterocycles. The van der Waals surface area contributed by atoms with Gasteiger partial charge in [0, 0.05) is 25.8 Å². The summed E-state index contributed by atoms with van der Waals surface area (Å²) in [7, 11) is -1.89. The first-order valence-electron chi connectivity index (χ1n) is 6.20. The van der Waals surface area contributed by atoms with Gasteiger partial charge in [0.1, 0.15) is 0 Å². The van der Waals surface area contributed by atoms with Gasteiger partial charge in [-0.25, -0.2) is 13.1 Å². The summed E-state index contributed by atoms with van der Waals surface area (Å²) in [6, 6.07) is 4.71. The summed E-state index contributed by atoms with van der Waals surface area (Å²) in [5.41, 5.74) is 6.77. The minimum atomic E-state index is -3.57. The number of hydrogen-bond donors (Lipinski definition) is 2. The van der Waals surface area contributed by atoms with Gasteiger partial charge in [0.2, 0.25) is 15.9 Å². The molecule has 0 fully saturated rings. The van der Waals surface area contributed by atoms with Crippen molar-refractivity contribution in [1.82, 2.24) is 4.72 Å². The number of fused-ring (bicyclic) bond motifs is 1. The van der Waals surface area contributed by atoms with Gasteiger partial charge in [-0.05, 0) is 23.8 Å². The summed E-state index contributed by atoms with van der Waals surface area (Å²) in [5, 5.41) is 0. The number of nitrogens with two attached hydrogens (primary N) is 1. The van der Waals surface area contributed by atoms with E-state index in [4.69, 9.17) is 5.73 Å². The molecule has 0 bridgehead atoms. The van der Waals surface area contributed by atoms with Crippen LogP contribution in [-0.2, 0) is 21.2 Å². The first-order chi connectivity index (χ1) is 9.45. The molecular weight excluding hydrogens is 278 g/mol. The molecule has 1 aliphatic heterocycles. The molecule has 1 aromatic carbocycles. The van der Waals surface area contributed by atoms with Crippen molar-refractivity contribution in [1.29, 1.82) is 0 Å². The second-order valence-electron chi connectivity index (χ2n) is 4.48. The third kappa shape index (κ3) is 2.90. The Kier molecular flexibility index (Phi) is 4.22. The number of nitrogens with one attached hydrogen (secondary N) is 1. The summed E-state index contributed by atoms with van der Waals surface area (Å²) in [6.45, 7) is 0.560. The van der Waals surface area contributed by atoms with Crippen molar-refractivity contribution in [3.05, 3.63) is 35.9 Å². The van der Waals surface area contributed by atoms with Gasteiger partial charge in [-0.1, -0.05) is 12.2 Å². The molecule has 108 valence electrons. The lowest BCUT2D eigenvalue weighted by atomic mass is 10.2. The van der Waals surface area contributed by atoms with E-state index in [0.717, 1.165) is 11.3 Å². The summed E-state index contributed by atoms with van der Waals surface area (Å²) in [6.07, 6.45) is 3.57. The number of hydrogen-bond acceptors (Lipinski definition) is 4. The van der Waals surface area contributed by atoms with Gasteiger partial charge in [-0.3, -0.25) is 4.79 Å². The molecule has 0 unspecified atom stereocenters. The average molecular weight is 295 g/mol. The number of carbonyl (C=O) groups excluding carboxylic acids is 1. The maximum Gasteiger partial charge on any atom is 0.240 e. The number of benzene rings is 1. The average Bonchev–Trinajstić information content (AvgIpc) is 2.70. The van der Waals surface area contributed by atoms with Gasteiger partial charge in [0.25, 0.3) is 0 Å². The van der Waals surface area contributed by atoms with Crippen LogP contribution in [0.5, 0.6) is 0 Å². The predicted molar refractivity (Wildman–Crippen MR) is 76.9 cm³/mol. The van der Waals surface area contributed by atoms with Gasteiger partial charge >= 0.3 is 0 Å². The van der Waals surface area contributed by atoms with Crippen LogP contribution >= 0.6 is 0 Å². The Hall–Kier alpha value is -1.70. The molecule has 2 rings (SSSR count). The number of nitrogens with zero attached hydrogens (tertiary/aromatic N) is 1. The van der Waals surface area contributed by atoms with Crippen molar-refractivity contribution >= 4 is 21.6 Å². The second kappa shape index (κ2) is 5.74. The van der Waals surface area contributed by atoms with Crippen LogP contribution in [-0.4, -0.2) is 34.5 Å². The number of amides is 1. The smallest absolute Gasteiger partial charge is 0.240 e. The van der Waals surface area contributed by atoms with Crippen LogP contribution in [0.25, 0.3) is 0 Å². The Balaban J connectivity index is 2.20. The van der Waals surface area contributed by atoms with Crippen LogP contribution in [0.1, 0.15) is 5.56 Å². The molecule has 1 aliphatic rings. The monoisotopic (exact) mass is 295 g/mol. The van der Waals surface area contributed by atoms with Gasteiger partial charge < -0.3 is 10.6 Å². The highest BCUT2D eigenvalue weighted by molar-refractivity contribution is 7.89. The van der Waals surface area contributed by atoms with E-state index >= 15 is 0 Å². The highest BCUT2D eigenvalue weighted by Crippen LogP contribution is 2.29. The molecule has 0 saturated carbocycles. The van der Waals surface area contributed by atoms with Gasteiger partial charge in [0.15, 0.2) is 0 Å². The third-order valence-corrected chi connectivity index (χ3v) is 4.55. The zero-order valence-electron chi connectivity index (χ0n) is 11.2. The molecule has 1 amide bonds. The van der Waals surface area contributed by atoms with Crippen LogP contribution < -0.4 is 15.4 Å². The number of sulfonamides is 1. The van der Waals surface area contributed by atoms with Crippen molar-refractivity contribution in [3.8, 4) is 0 Å². The highest BCUT2D eigenvalue weighted by atomic mass is 32.2. The molecular formula is C13H17N3O3S. The third-order valence-electron chi connectivity index (χ3n) is 3.13. The molecule has 1 aromatic rings. The largest absolute Gasteiger partial charge is 0.327 e. The summed E-state index contributed by atoms with van der Waals surface area (Å²) < 4.78 is 26.6. The van der Waals surface area contributed by atoms with Gasteiger partial charge in [0.05, 0.1) is 11.3 Å². The molecule has 0 atom stereocenters. The molecule has 0 spiro atoms. The normalized spacial score (nSPS) is 15.1. The number of carbonyl (C=O) groups is 1. The lowest BCUT2D eigenvalue weighted by Gasteiger charge is -2.11. The number of anilines is 1. The van der Waals surface area contributed by atoms with Crippen LogP contribution in [0.3, 0.4) is 0 Å². The summed E-state index contributed by atoms with van der Waals surface area (Å²) in [5.74, 6) is -0.0339. The zero-order valence-corrected chi connectivity index (χ0v) is 12.0. The zero-order chi connectivity index (χ0) is 14.8. The predicted octanol–water partition coefficient (Wildman–Crippen LogP) is -0.00130. The molecule has 0 radical (unpaired) electrons. The molecule has 20 heavy (non-hydrogen) atoms. The van der Waals surface area contributed by atoms with Gasteiger partial charge in [-0.2, -0.15) is 0 Å². The first-order valence-corrected chi connectivity index (χ1v) is 7.68. The van der Waals surface area contributed by atoms with Crippen molar-refractivity contribution in [2.24, 2.45) is 5.73 Å². The molecule has 0 aliphatic carbocycles. The summed E-state index contributed by atoms with van der Waals surface area (Å²) in [4.78, 5) is 13.3. The Morgan fingerprint density at radius 2 is 2.15 bits per heavy atom. The fourth-order valence-electron chi connectivity index (χ4n) is 2.03. The quantitative estimate of drug-likeness (QED) is 0.748. The van der Waals surface area contributed by atoms with Crippen molar-refractivity contribution < 1.29 is 13.2 Å². The molecule has 1 heterocycles. The van der Waals surface area contributed by atoms with E-state index in [9.17, 15) is 13.2 Å². The lowest BCUT2D eigenvalue weighted by molar-refractivity contribution is -0.117. The first kappa shape index (κ1) is 14.7. The minimum absolute atomic E-state index is 0.0339. The van der Waals surface area contributed by atoms with Crippen LogP contribution in [0, 0.1) is 0 Å². The number of rotatable bonds is 5. The minimum Gasteiger partial charge on any atom is -0.327 e. The topological polar surface area (TPSA) is 92.5 Å². The second-order valence-corrected chi connectivity index (χ2v) is 6.25. The Morgan fingerprint density at radius 3 is 2.85 bits per heavy atom. The van der Waals surface area contributed by atoms with Crippen LogP contribution in [0.15, 0.2) is 35.2 Å². The van der Waals surface area contributed by atoms with E-state index in [1.54, 1.807) is 31.3 Å². The molecule has 6 nitrogen and oxygen atoms in total. The standard InChI is InChI=1S/C13H17N3O3S/c1-16-12-5-4-11(8-10(12)9-13(16)17)20(18,19)15-7-3-2-6-14/h2-5,8,15H,6-7,9,14H2,1H3/b3-2+. The van der Waals surface area contributed by atoms with Crippen LogP contribution in [0.4, 0.5) is 5.69 Å². The maximum absolute atomic E-state index is 12.1. The SMILES string of the molecule is CN1C(=O)Cc2cc(S(=O)(=O)NC/C=C/CN)ccc21. The van der Waals surface area contributed by atoms with Crippen molar-refractivity contribution in [2.75, 3.05) is 25.0 Å². The molecule has 3 N–H and O–H groups in total. The molecule has 0 saturated heterocycles. The van der Waals surface area contributed by atoms with Crippen molar-refractivity contribution in [2.45, 2.75) is 11.3 Å². The lowest BCUT2D eigenvalue weighted by Crippen LogP contribution is -2.24. The maximum atomic E-state index is 12.1. The fourth-order valence-corrected chi connectivity index (χ4v) is 3.06. The van der Waals surface area contributed by atoms with Gasteiger partial charge in [-0.15, -0.1) is 0 Å². The Morgan fingerprint density at radius 1 is 1.40 bits per heavy atom.